The van der Waals surface area contributed by atoms with Crippen LogP contribution in [0.15, 0.2) is 66.7 Å². The Labute approximate surface area is 219 Å². The fourth-order valence-corrected chi connectivity index (χ4v) is 5.12. The summed E-state index contributed by atoms with van der Waals surface area (Å²) in [6.07, 6.45) is 2.57. The van der Waals surface area contributed by atoms with Gasteiger partial charge in [-0.2, -0.15) is 0 Å². The Bertz CT molecular complexity index is 1290. The number of fused-ring (bicyclic) bond motifs is 1. The summed E-state index contributed by atoms with van der Waals surface area (Å²) in [6.45, 7) is 9.15. The summed E-state index contributed by atoms with van der Waals surface area (Å²) in [4.78, 5) is 2.50. The molecule has 1 aromatic heterocycles. The highest BCUT2D eigenvalue weighted by Crippen LogP contribution is 2.36. The van der Waals surface area contributed by atoms with Crippen molar-refractivity contribution in [2.75, 3.05) is 26.2 Å². The standard InChI is InChI=1S/C30H34N2O3.ClH/c1-21-13-15-31(16-14-21)17-18-35-27-10-3-23(4-11-27)20-32-29-12-9-26(34)19-28(29)22(2)30(32)24-5-7-25(33)8-6-24;/h3-12,19,21,33-34H,13-18,20H2,1-2H3;1H. The van der Waals surface area contributed by atoms with Crippen LogP contribution < -0.4 is 4.74 Å². The van der Waals surface area contributed by atoms with Gasteiger partial charge >= 0.3 is 0 Å². The smallest absolute Gasteiger partial charge is 0.119 e. The largest absolute Gasteiger partial charge is 0.508 e. The summed E-state index contributed by atoms with van der Waals surface area (Å²) < 4.78 is 8.31. The zero-order chi connectivity index (χ0) is 24.4. The first-order valence-electron chi connectivity index (χ1n) is 12.5. The molecule has 0 spiro atoms. The van der Waals surface area contributed by atoms with Crippen molar-refractivity contribution in [2.24, 2.45) is 5.92 Å². The predicted octanol–water partition coefficient (Wildman–Crippen LogP) is 6.61. The molecular formula is C30H35ClN2O3. The van der Waals surface area contributed by atoms with Gasteiger partial charge in [-0.15, -0.1) is 12.4 Å². The number of aryl methyl sites for hydroxylation is 1. The SMILES string of the molecule is Cc1c(-c2ccc(O)cc2)n(Cc2ccc(OCCN3CCC(C)CC3)cc2)c2ccc(O)cc12.Cl. The van der Waals surface area contributed by atoms with Gasteiger partial charge in [-0.25, -0.2) is 0 Å². The van der Waals surface area contributed by atoms with Crippen molar-refractivity contribution >= 4 is 23.3 Å². The predicted molar refractivity (Wildman–Crippen MR) is 149 cm³/mol. The van der Waals surface area contributed by atoms with Gasteiger partial charge in [0.2, 0.25) is 0 Å². The number of piperidine rings is 1. The number of aromatic hydroxyl groups is 2. The van der Waals surface area contributed by atoms with Crippen molar-refractivity contribution in [1.29, 1.82) is 0 Å². The van der Waals surface area contributed by atoms with Crippen molar-refractivity contribution < 1.29 is 14.9 Å². The monoisotopic (exact) mass is 506 g/mol. The van der Waals surface area contributed by atoms with Crippen molar-refractivity contribution in [1.82, 2.24) is 9.47 Å². The number of ether oxygens (including phenoxy) is 1. The number of aromatic nitrogens is 1. The molecule has 5 nitrogen and oxygen atoms in total. The highest BCUT2D eigenvalue weighted by Gasteiger charge is 2.17. The molecule has 2 heterocycles. The second-order valence-corrected chi connectivity index (χ2v) is 9.82. The minimum atomic E-state index is 0. The molecule has 1 aliphatic heterocycles. The van der Waals surface area contributed by atoms with E-state index in [2.05, 4.69) is 47.6 Å². The molecule has 5 rings (SSSR count). The molecule has 190 valence electrons. The fraction of sp³-hybridized carbons (Fsp3) is 0.333. The molecule has 0 amide bonds. The minimum absolute atomic E-state index is 0. The zero-order valence-electron chi connectivity index (χ0n) is 21.0. The number of nitrogens with zero attached hydrogens (tertiary/aromatic N) is 2. The molecule has 1 saturated heterocycles. The maximum Gasteiger partial charge on any atom is 0.119 e. The zero-order valence-corrected chi connectivity index (χ0v) is 21.8. The van der Waals surface area contributed by atoms with E-state index in [1.807, 2.05) is 24.3 Å². The lowest BCUT2D eigenvalue weighted by Gasteiger charge is -2.29. The molecule has 3 aromatic carbocycles. The van der Waals surface area contributed by atoms with Gasteiger partial charge < -0.3 is 19.5 Å². The third kappa shape index (κ3) is 5.63. The molecule has 4 aromatic rings. The van der Waals surface area contributed by atoms with E-state index in [1.165, 1.54) is 31.5 Å². The maximum absolute atomic E-state index is 10.1. The number of hydrogen-bond donors (Lipinski definition) is 2. The summed E-state index contributed by atoms with van der Waals surface area (Å²) in [5.74, 6) is 2.25. The van der Waals surface area contributed by atoms with E-state index in [-0.39, 0.29) is 23.9 Å². The van der Waals surface area contributed by atoms with Gasteiger partial charge in [0, 0.05) is 24.0 Å². The molecule has 0 atom stereocenters. The quantitative estimate of drug-likeness (QED) is 0.296. The molecule has 1 fully saturated rings. The Morgan fingerprint density at radius 3 is 2.25 bits per heavy atom. The molecule has 36 heavy (non-hydrogen) atoms. The number of rotatable bonds is 7. The van der Waals surface area contributed by atoms with E-state index in [9.17, 15) is 10.2 Å². The van der Waals surface area contributed by atoms with Crippen LogP contribution in [0, 0.1) is 12.8 Å². The van der Waals surface area contributed by atoms with Gasteiger partial charge in [-0.05, 0) is 110 Å². The molecule has 0 bridgehead atoms. The number of phenolic OH excluding ortho intramolecular Hbond substituents is 2. The van der Waals surface area contributed by atoms with Crippen LogP contribution >= 0.6 is 12.4 Å². The highest BCUT2D eigenvalue weighted by molar-refractivity contribution is 5.92. The number of phenols is 2. The second-order valence-electron chi connectivity index (χ2n) is 9.82. The van der Waals surface area contributed by atoms with E-state index < -0.39 is 0 Å². The Balaban J connectivity index is 0.00000304. The van der Waals surface area contributed by atoms with Crippen LogP contribution in [0.3, 0.4) is 0 Å². The fourth-order valence-electron chi connectivity index (χ4n) is 5.12. The van der Waals surface area contributed by atoms with E-state index >= 15 is 0 Å². The molecule has 0 unspecified atom stereocenters. The maximum atomic E-state index is 10.1. The summed E-state index contributed by atoms with van der Waals surface area (Å²) in [7, 11) is 0. The summed E-state index contributed by atoms with van der Waals surface area (Å²) in [5, 5.41) is 20.9. The Morgan fingerprint density at radius 1 is 0.889 bits per heavy atom. The van der Waals surface area contributed by atoms with Gasteiger partial charge in [-0.3, -0.25) is 4.90 Å². The number of benzene rings is 3. The van der Waals surface area contributed by atoms with Crippen LogP contribution in [0.4, 0.5) is 0 Å². The van der Waals surface area contributed by atoms with Crippen molar-refractivity contribution in [3.8, 4) is 28.5 Å². The second kappa shape index (κ2) is 11.3. The van der Waals surface area contributed by atoms with Crippen LogP contribution in [0.1, 0.15) is 30.9 Å². The third-order valence-electron chi connectivity index (χ3n) is 7.26. The van der Waals surface area contributed by atoms with Crippen LogP contribution in [0.2, 0.25) is 0 Å². The lowest BCUT2D eigenvalue weighted by molar-refractivity contribution is 0.160. The molecule has 0 radical (unpaired) electrons. The Morgan fingerprint density at radius 2 is 1.56 bits per heavy atom. The highest BCUT2D eigenvalue weighted by atomic mass is 35.5. The van der Waals surface area contributed by atoms with Gasteiger partial charge in [0.1, 0.15) is 23.9 Å². The average Bonchev–Trinajstić information content (AvgIpc) is 3.12. The summed E-state index contributed by atoms with van der Waals surface area (Å²) in [6, 6.07) is 21.2. The average molecular weight is 507 g/mol. The molecular weight excluding hydrogens is 472 g/mol. The third-order valence-corrected chi connectivity index (χ3v) is 7.26. The first-order chi connectivity index (χ1) is 17.0. The topological polar surface area (TPSA) is 57.9 Å². The molecule has 1 aliphatic rings. The molecule has 2 N–H and O–H groups in total. The minimum Gasteiger partial charge on any atom is -0.508 e. The molecule has 0 aliphatic carbocycles. The van der Waals surface area contributed by atoms with E-state index in [4.69, 9.17) is 4.74 Å². The normalized spacial score (nSPS) is 14.6. The Hall–Kier alpha value is -3.15. The van der Waals surface area contributed by atoms with Gasteiger partial charge in [0.15, 0.2) is 0 Å². The van der Waals surface area contributed by atoms with Crippen LogP contribution in [0.5, 0.6) is 17.2 Å². The lowest BCUT2D eigenvalue weighted by Crippen LogP contribution is -2.35. The van der Waals surface area contributed by atoms with Crippen molar-refractivity contribution in [2.45, 2.75) is 33.2 Å². The number of likely N-dealkylation sites (tertiary alicyclic amines) is 1. The summed E-state index contributed by atoms with van der Waals surface area (Å²) in [5.41, 5.74) is 5.46. The van der Waals surface area contributed by atoms with Gasteiger partial charge in [0.05, 0.1) is 5.69 Å². The van der Waals surface area contributed by atoms with Crippen LogP contribution in [-0.4, -0.2) is 45.9 Å². The Kier molecular flexibility index (Phi) is 8.12. The lowest BCUT2D eigenvalue weighted by atomic mass is 9.99. The number of halogens is 1. The summed E-state index contributed by atoms with van der Waals surface area (Å²) >= 11 is 0. The van der Waals surface area contributed by atoms with E-state index in [0.717, 1.165) is 45.9 Å². The number of hydrogen-bond acceptors (Lipinski definition) is 4. The van der Waals surface area contributed by atoms with E-state index in [1.54, 1.807) is 18.2 Å². The van der Waals surface area contributed by atoms with Gasteiger partial charge in [-0.1, -0.05) is 19.1 Å². The molecule has 6 heteroatoms. The first-order valence-corrected chi connectivity index (χ1v) is 12.5. The van der Waals surface area contributed by atoms with Crippen molar-refractivity contribution in [3.05, 3.63) is 77.9 Å². The molecule has 0 saturated carbocycles. The van der Waals surface area contributed by atoms with E-state index in [0.29, 0.717) is 13.2 Å². The van der Waals surface area contributed by atoms with Crippen LogP contribution in [0.25, 0.3) is 22.2 Å². The van der Waals surface area contributed by atoms with Gasteiger partial charge in [0.25, 0.3) is 0 Å². The van der Waals surface area contributed by atoms with Crippen LogP contribution in [-0.2, 0) is 6.54 Å². The first kappa shape index (κ1) is 25.9. The van der Waals surface area contributed by atoms with Crippen molar-refractivity contribution in [3.63, 3.8) is 0 Å².